The van der Waals surface area contributed by atoms with Crippen LogP contribution in [0.5, 0.6) is 0 Å². The van der Waals surface area contributed by atoms with E-state index in [1.54, 1.807) is 0 Å². The van der Waals surface area contributed by atoms with Crippen LogP contribution in [0.1, 0.15) is 24.1 Å². The number of hydrogen-bond donors (Lipinski definition) is 1. The topological polar surface area (TPSA) is 46.0 Å². The second-order valence-electron chi connectivity index (χ2n) is 4.77. The highest BCUT2D eigenvalue weighted by Crippen LogP contribution is 2.39. The lowest BCUT2D eigenvalue weighted by atomic mass is 9.81. The quantitative estimate of drug-likeness (QED) is 0.674. The van der Waals surface area contributed by atoms with E-state index < -0.39 is 40.0 Å². The highest BCUT2D eigenvalue weighted by molar-refractivity contribution is 6.29. The molecule has 0 aliphatic carbocycles. The summed E-state index contributed by atoms with van der Waals surface area (Å²) in [7, 11) is 0. The molecule has 0 aliphatic heterocycles. The van der Waals surface area contributed by atoms with Crippen LogP contribution in [0.15, 0.2) is 24.5 Å². The van der Waals surface area contributed by atoms with Crippen LogP contribution in [0.4, 0.5) is 13.2 Å². The molecule has 1 aromatic carbocycles. The lowest BCUT2D eigenvalue weighted by Crippen LogP contribution is -2.36. The molecule has 0 saturated carbocycles. The van der Waals surface area contributed by atoms with Crippen LogP contribution < -0.4 is 0 Å². The van der Waals surface area contributed by atoms with Crippen LogP contribution in [-0.4, -0.2) is 21.0 Å². The number of rotatable bonds is 4. The molecule has 8 heteroatoms. The second-order valence-corrected chi connectivity index (χ2v) is 5.39. The molecule has 2 atom stereocenters. The SMILES string of the molecule is C[C@@H](c1ncnc(Cl)c1F)[C@@](O)(CCl)c1ccc(F)cc1F. The van der Waals surface area contributed by atoms with Crippen molar-refractivity contribution in [1.82, 2.24) is 9.97 Å². The van der Waals surface area contributed by atoms with Crippen molar-refractivity contribution in [2.24, 2.45) is 0 Å². The molecule has 0 unspecified atom stereocenters. The number of nitrogens with zero attached hydrogens (tertiary/aromatic N) is 2. The van der Waals surface area contributed by atoms with E-state index in [-0.39, 0.29) is 11.3 Å². The van der Waals surface area contributed by atoms with Crippen molar-refractivity contribution >= 4 is 23.2 Å². The summed E-state index contributed by atoms with van der Waals surface area (Å²) in [5, 5.41) is 10.3. The van der Waals surface area contributed by atoms with Crippen LogP contribution in [0, 0.1) is 17.5 Å². The van der Waals surface area contributed by atoms with E-state index in [1.165, 1.54) is 6.92 Å². The fraction of sp³-hybridized carbons (Fsp3) is 0.286. The van der Waals surface area contributed by atoms with Gasteiger partial charge in [0.05, 0.1) is 11.6 Å². The van der Waals surface area contributed by atoms with Crippen LogP contribution in [-0.2, 0) is 5.60 Å². The molecule has 2 aromatic rings. The van der Waals surface area contributed by atoms with Gasteiger partial charge in [-0.15, -0.1) is 11.6 Å². The zero-order valence-electron chi connectivity index (χ0n) is 11.3. The number of aliphatic hydroxyl groups is 1. The number of alkyl halides is 1. The van der Waals surface area contributed by atoms with Crippen molar-refractivity contribution < 1.29 is 18.3 Å². The predicted octanol–water partition coefficient (Wildman–Crippen LogP) is 3.78. The van der Waals surface area contributed by atoms with Crippen molar-refractivity contribution in [3.05, 3.63) is 58.4 Å². The molecule has 22 heavy (non-hydrogen) atoms. The molecule has 2 rings (SSSR count). The zero-order chi connectivity index (χ0) is 16.5. The summed E-state index contributed by atoms with van der Waals surface area (Å²) in [6.45, 7) is 1.41. The van der Waals surface area contributed by atoms with Crippen LogP contribution in [0.3, 0.4) is 0 Å². The van der Waals surface area contributed by atoms with Gasteiger partial charge in [0.2, 0.25) is 0 Å². The van der Waals surface area contributed by atoms with Gasteiger partial charge in [0.15, 0.2) is 11.0 Å². The smallest absolute Gasteiger partial charge is 0.182 e. The van der Waals surface area contributed by atoms with Crippen molar-refractivity contribution in [2.75, 3.05) is 5.88 Å². The third-order valence-electron chi connectivity index (χ3n) is 3.50. The van der Waals surface area contributed by atoms with E-state index in [9.17, 15) is 18.3 Å². The third kappa shape index (κ3) is 2.91. The molecular formula is C14H11Cl2F3N2O. The van der Waals surface area contributed by atoms with Gasteiger partial charge >= 0.3 is 0 Å². The Morgan fingerprint density at radius 1 is 1.27 bits per heavy atom. The molecule has 0 spiro atoms. The highest BCUT2D eigenvalue weighted by atomic mass is 35.5. The molecular weight excluding hydrogens is 340 g/mol. The average molecular weight is 351 g/mol. The fourth-order valence-corrected chi connectivity index (χ4v) is 2.67. The number of aromatic nitrogens is 2. The third-order valence-corrected chi connectivity index (χ3v) is 4.17. The van der Waals surface area contributed by atoms with E-state index in [2.05, 4.69) is 9.97 Å². The molecule has 1 heterocycles. The van der Waals surface area contributed by atoms with Crippen LogP contribution in [0.25, 0.3) is 0 Å². The molecule has 1 N–H and O–H groups in total. The normalized spacial score (nSPS) is 15.4. The first-order valence-electron chi connectivity index (χ1n) is 6.21. The molecule has 0 amide bonds. The Labute approximate surface area is 134 Å². The van der Waals surface area contributed by atoms with Gasteiger partial charge in [-0.2, -0.15) is 0 Å². The molecule has 118 valence electrons. The molecule has 3 nitrogen and oxygen atoms in total. The van der Waals surface area contributed by atoms with Crippen molar-refractivity contribution in [1.29, 1.82) is 0 Å². The maximum absolute atomic E-state index is 14.0. The van der Waals surface area contributed by atoms with Gasteiger partial charge in [0.1, 0.15) is 23.6 Å². The lowest BCUT2D eigenvalue weighted by molar-refractivity contribution is 0.0299. The van der Waals surface area contributed by atoms with Crippen molar-refractivity contribution in [3.63, 3.8) is 0 Å². The Kier molecular flexibility index (Phi) is 4.94. The van der Waals surface area contributed by atoms with Gasteiger partial charge < -0.3 is 5.11 Å². The van der Waals surface area contributed by atoms with Crippen molar-refractivity contribution in [3.8, 4) is 0 Å². The summed E-state index contributed by atoms with van der Waals surface area (Å²) in [6, 6.07) is 2.65. The van der Waals surface area contributed by atoms with E-state index >= 15 is 0 Å². The molecule has 0 aliphatic rings. The van der Waals surface area contributed by atoms with E-state index in [0.717, 1.165) is 18.5 Å². The molecule has 0 bridgehead atoms. The van der Waals surface area contributed by atoms with Crippen LogP contribution >= 0.6 is 23.2 Å². The minimum Gasteiger partial charge on any atom is -0.383 e. The average Bonchev–Trinajstić information content (AvgIpc) is 2.48. The Bertz CT molecular complexity index is 702. The van der Waals surface area contributed by atoms with Gasteiger partial charge in [-0.3, -0.25) is 0 Å². The largest absolute Gasteiger partial charge is 0.383 e. The summed E-state index contributed by atoms with van der Waals surface area (Å²) in [5.41, 5.74) is -2.48. The Morgan fingerprint density at radius 3 is 2.55 bits per heavy atom. The van der Waals surface area contributed by atoms with Gasteiger partial charge in [0.25, 0.3) is 0 Å². The van der Waals surface area contributed by atoms with Gasteiger partial charge in [-0.1, -0.05) is 24.6 Å². The number of halogens is 5. The number of hydrogen-bond acceptors (Lipinski definition) is 3. The maximum atomic E-state index is 14.0. The first-order chi connectivity index (χ1) is 10.3. The number of benzene rings is 1. The Balaban J connectivity index is 2.56. The first kappa shape index (κ1) is 17.0. The highest BCUT2D eigenvalue weighted by Gasteiger charge is 2.40. The molecule has 0 saturated heterocycles. The maximum Gasteiger partial charge on any atom is 0.182 e. The molecule has 1 aromatic heterocycles. The standard InChI is InChI=1S/C14H11Cl2F3N2O/c1-7(12-11(19)13(16)21-6-20-12)14(22,5-15)9-3-2-8(17)4-10(9)18/h2-4,6-7,22H,5H2,1H3/t7-,14-/m0/s1. The summed E-state index contributed by atoms with van der Waals surface area (Å²) in [6.07, 6.45) is 1.02. The summed E-state index contributed by atoms with van der Waals surface area (Å²) < 4.78 is 41.0. The van der Waals surface area contributed by atoms with Crippen LogP contribution in [0.2, 0.25) is 5.15 Å². The Hall–Kier alpha value is -1.37. The summed E-state index contributed by atoms with van der Waals surface area (Å²) in [5.74, 6) is -4.23. The van der Waals surface area contributed by atoms with Gasteiger partial charge in [-0.05, 0) is 6.07 Å². The fourth-order valence-electron chi connectivity index (χ4n) is 2.15. The Morgan fingerprint density at radius 2 is 1.95 bits per heavy atom. The zero-order valence-corrected chi connectivity index (χ0v) is 12.8. The molecule has 0 fully saturated rings. The predicted molar refractivity (Wildman–Crippen MR) is 76.4 cm³/mol. The van der Waals surface area contributed by atoms with E-state index in [0.29, 0.717) is 6.07 Å². The lowest BCUT2D eigenvalue weighted by Gasteiger charge is -2.32. The van der Waals surface area contributed by atoms with Gasteiger partial charge in [-0.25, -0.2) is 23.1 Å². The monoisotopic (exact) mass is 350 g/mol. The van der Waals surface area contributed by atoms with Crippen molar-refractivity contribution in [2.45, 2.75) is 18.4 Å². The first-order valence-corrected chi connectivity index (χ1v) is 7.12. The van der Waals surface area contributed by atoms with E-state index in [1.807, 2.05) is 0 Å². The van der Waals surface area contributed by atoms with E-state index in [4.69, 9.17) is 23.2 Å². The summed E-state index contributed by atoms with van der Waals surface area (Å²) >= 11 is 11.4. The minimum atomic E-state index is -2.00. The van der Waals surface area contributed by atoms with Gasteiger partial charge in [0, 0.05) is 17.5 Å². The summed E-state index contributed by atoms with van der Waals surface area (Å²) in [4.78, 5) is 7.21. The minimum absolute atomic E-state index is 0.216. The molecule has 0 radical (unpaired) electrons. The second kappa shape index (κ2) is 6.40.